The van der Waals surface area contributed by atoms with E-state index in [1.807, 2.05) is 0 Å². The molecule has 10 heteroatoms. The van der Waals surface area contributed by atoms with E-state index in [0.717, 1.165) is 5.56 Å². The van der Waals surface area contributed by atoms with Crippen LogP contribution in [-0.4, -0.2) is 32.1 Å². The molecule has 5 nitrogen and oxygen atoms in total. The van der Waals surface area contributed by atoms with Crippen molar-refractivity contribution in [2.75, 3.05) is 10.7 Å². The molecular formula is C29H22F4N2O3S. The number of aliphatic hydroxyl groups is 1. The molecule has 1 aliphatic rings. The largest absolute Gasteiger partial charge is 0.508 e. The molecule has 2 heterocycles. The monoisotopic (exact) mass is 554 g/mol. The van der Waals surface area contributed by atoms with Crippen LogP contribution in [0.2, 0.25) is 0 Å². The Kier molecular flexibility index (Phi) is 7.33. The van der Waals surface area contributed by atoms with Gasteiger partial charge in [-0.3, -0.25) is 4.79 Å². The van der Waals surface area contributed by atoms with Crippen LogP contribution in [0.1, 0.15) is 29.0 Å². The molecule has 200 valence electrons. The van der Waals surface area contributed by atoms with Gasteiger partial charge in [0.2, 0.25) is 11.7 Å². The predicted octanol–water partition coefficient (Wildman–Crippen LogP) is 6.24. The highest BCUT2D eigenvalue weighted by molar-refractivity contribution is 8.00. The second-order valence-electron chi connectivity index (χ2n) is 9.10. The first-order valence-corrected chi connectivity index (χ1v) is 13.0. The van der Waals surface area contributed by atoms with Gasteiger partial charge in [0.15, 0.2) is 5.82 Å². The lowest BCUT2D eigenvalue weighted by atomic mass is 9.91. The van der Waals surface area contributed by atoms with Crippen molar-refractivity contribution in [3.63, 3.8) is 0 Å². The van der Waals surface area contributed by atoms with Crippen LogP contribution in [-0.2, 0) is 4.79 Å². The number of aryl methyl sites for hydroxylation is 1. The van der Waals surface area contributed by atoms with E-state index in [1.165, 1.54) is 67.2 Å². The van der Waals surface area contributed by atoms with Crippen molar-refractivity contribution in [3.05, 3.63) is 113 Å². The first kappa shape index (κ1) is 26.7. The maximum atomic E-state index is 14.5. The van der Waals surface area contributed by atoms with Crippen LogP contribution in [0.4, 0.5) is 23.2 Å². The van der Waals surface area contributed by atoms with Crippen molar-refractivity contribution >= 4 is 23.4 Å². The number of benzene rings is 3. The van der Waals surface area contributed by atoms with Crippen molar-refractivity contribution in [1.82, 2.24) is 4.98 Å². The van der Waals surface area contributed by atoms with Crippen LogP contribution in [0.25, 0.3) is 11.1 Å². The lowest BCUT2D eigenvalue weighted by Crippen LogP contribution is -2.57. The summed E-state index contributed by atoms with van der Waals surface area (Å²) in [5.74, 6) is -4.91. The topological polar surface area (TPSA) is 73.7 Å². The molecular weight excluding hydrogens is 532 g/mol. The number of thioether (sulfide) groups is 1. The molecule has 0 saturated carbocycles. The summed E-state index contributed by atoms with van der Waals surface area (Å²) in [5.41, 5.74) is 1.84. The van der Waals surface area contributed by atoms with Crippen LogP contribution in [0.5, 0.6) is 5.75 Å². The second-order valence-corrected chi connectivity index (χ2v) is 10.3. The molecule has 4 aromatic rings. The molecule has 0 spiro atoms. The zero-order chi connectivity index (χ0) is 27.8. The number of carbonyl (C=O) groups excluding carboxylic acids is 1. The van der Waals surface area contributed by atoms with E-state index in [0.29, 0.717) is 11.3 Å². The first-order valence-electron chi connectivity index (χ1n) is 11.9. The number of aromatic hydroxyl groups is 1. The molecule has 3 atom stereocenters. The fourth-order valence-corrected chi connectivity index (χ4v) is 5.92. The zero-order valence-electron chi connectivity index (χ0n) is 20.5. The Morgan fingerprint density at radius 1 is 0.923 bits per heavy atom. The summed E-state index contributed by atoms with van der Waals surface area (Å²) in [6.45, 7) is 1.37. The Bertz CT molecular complexity index is 1520. The molecule has 1 aromatic heterocycles. The normalized spacial score (nSPS) is 17.7. The number of amides is 1. The highest BCUT2D eigenvalue weighted by Crippen LogP contribution is 2.46. The van der Waals surface area contributed by atoms with Gasteiger partial charge in [-0.25, -0.2) is 13.8 Å². The number of phenols is 1. The van der Waals surface area contributed by atoms with Gasteiger partial charge in [-0.1, -0.05) is 36.4 Å². The molecule has 0 radical (unpaired) electrons. The maximum Gasteiger partial charge on any atom is 0.252 e. The Labute approximate surface area is 225 Å². The van der Waals surface area contributed by atoms with Crippen molar-refractivity contribution in [1.29, 1.82) is 0 Å². The van der Waals surface area contributed by atoms with Gasteiger partial charge in [-0.15, -0.1) is 11.8 Å². The SMILES string of the molecule is Cc1nc(F)c(F)c(F)c1-c1ccc(N2C(=O)[C@H](SC[C@H](O)c3ccc(F)cc3)[C@H]2c2ccc(O)cc2)cc1. The number of aliphatic hydroxyl groups excluding tert-OH is 1. The van der Waals surface area contributed by atoms with Crippen LogP contribution in [0, 0.1) is 30.3 Å². The number of anilines is 1. The van der Waals surface area contributed by atoms with Crippen LogP contribution < -0.4 is 4.90 Å². The van der Waals surface area contributed by atoms with E-state index < -0.39 is 40.8 Å². The summed E-state index contributed by atoms with van der Waals surface area (Å²) in [5, 5.41) is 19.8. The number of hydrogen-bond acceptors (Lipinski definition) is 5. The quantitative estimate of drug-likeness (QED) is 0.161. The fraction of sp³-hybridized carbons (Fsp3) is 0.172. The summed E-state index contributed by atoms with van der Waals surface area (Å²) >= 11 is 1.26. The summed E-state index contributed by atoms with van der Waals surface area (Å²) in [4.78, 5) is 18.3. The van der Waals surface area contributed by atoms with Crippen LogP contribution >= 0.6 is 11.8 Å². The summed E-state index contributed by atoms with van der Waals surface area (Å²) in [6.07, 6.45) is -0.917. The van der Waals surface area contributed by atoms with Crippen LogP contribution in [0.15, 0.2) is 72.8 Å². The third-order valence-electron chi connectivity index (χ3n) is 6.62. The Hall–Kier alpha value is -3.89. The molecule has 0 aliphatic carbocycles. The third kappa shape index (κ3) is 5.09. The number of aromatic nitrogens is 1. The smallest absolute Gasteiger partial charge is 0.252 e. The Morgan fingerprint density at radius 3 is 2.21 bits per heavy atom. The van der Waals surface area contributed by atoms with Gasteiger partial charge in [0.1, 0.15) is 16.8 Å². The van der Waals surface area contributed by atoms with E-state index in [2.05, 4.69) is 4.98 Å². The van der Waals surface area contributed by atoms with Crippen molar-refractivity contribution < 1.29 is 32.6 Å². The van der Waals surface area contributed by atoms with Crippen molar-refractivity contribution in [2.24, 2.45) is 0 Å². The molecule has 2 N–H and O–H groups in total. The Morgan fingerprint density at radius 2 is 1.56 bits per heavy atom. The number of nitrogens with zero attached hydrogens (tertiary/aromatic N) is 2. The minimum atomic E-state index is -1.66. The third-order valence-corrected chi connectivity index (χ3v) is 7.95. The fourth-order valence-electron chi connectivity index (χ4n) is 4.62. The van der Waals surface area contributed by atoms with Gasteiger partial charge in [0.25, 0.3) is 5.95 Å². The van der Waals surface area contributed by atoms with Gasteiger partial charge in [-0.2, -0.15) is 8.78 Å². The minimum absolute atomic E-state index is 0.0164. The van der Waals surface area contributed by atoms with Crippen LogP contribution in [0.3, 0.4) is 0 Å². The number of halogens is 4. The first-order chi connectivity index (χ1) is 18.7. The number of rotatable bonds is 7. The standard InChI is InChI=1S/C29H22F4N2O3S/c1-15-23(24(31)25(32)28(33)34-15)17-4-10-20(11-5-17)35-26(18-6-12-21(36)13-7-18)27(29(35)38)39-14-22(37)16-2-8-19(30)9-3-16/h2-13,22,26-27,36-37H,14H2,1H3/t22-,26+,27+/m0/s1. The van der Waals surface area contributed by atoms with Gasteiger partial charge in [-0.05, 0) is 60.0 Å². The summed E-state index contributed by atoms with van der Waals surface area (Å²) < 4.78 is 55.0. The van der Waals surface area contributed by atoms with Gasteiger partial charge < -0.3 is 15.1 Å². The Balaban J connectivity index is 1.41. The second kappa shape index (κ2) is 10.7. The van der Waals surface area contributed by atoms with E-state index in [-0.39, 0.29) is 34.2 Å². The number of phenolic OH excluding ortho intramolecular Hbond substituents is 1. The summed E-state index contributed by atoms with van der Waals surface area (Å²) in [6, 6.07) is 17.6. The maximum absolute atomic E-state index is 14.5. The number of carbonyl (C=O) groups is 1. The number of hydrogen-bond donors (Lipinski definition) is 2. The molecule has 0 unspecified atom stereocenters. The summed E-state index contributed by atoms with van der Waals surface area (Å²) in [7, 11) is 0. The number of pyridine rings is 1. The highest BCUT2D eigenvalue weighted by Gasteiger charge is 2.49. The van der Waals surface area contributed by atoms with Gasteiger partial charge in [0.05, 0.1) is 17.8 Å². The lowest BCUT2D eigenvalue weighted by Gasteiger charge is -2.47. The molecule has 0 bridgehead atoms. The predicted molar refractivity (Wildman–Crippen MR) is 140 cm³/mol. The molecule has 1 saturated heterocycles. The minimum Gasteiger partial charge on any atom is -0.508 e. The average molecular weight is 555 g/mol. The van der Waals surface area contributed by atoms with E-state index >= 15 is 0 Å². The lowest BCUT2D eigenvalue weighted by molar-refractivity contribution is -0.123. The molecule has 3 aromatic carbocycles. The van der Waals surface area contributed by atoms with Crippen molar-refractivity contribution in [2.45, 2.75) is 24.3 Å². The number of β-lactam (4-membered cyclic amide) rings is 1. The van der Waals surface area contributed by atoms with E-state index in [1.54, 1.807) is 29.2 Å². The van der Waals surface area contributed by atoms with Crippen molar-refractivity contribution in [3.8, 4) is 16.9 Å². The van der Waals surface area contributed by atoms with Gasteiger partial charge in [0, 0.05) is 17.0 Å². The highest BCUT2D eigenvalue weighted by atomic mass is 32.2. The molecule has 1 fully saturated rings. The molecule has 1 amide bonds. The molecule has 39 heavy (non-hydrogen) atoms. The molecule has 5 rings (SSSR count). The average Bonchev–Trinajstić information content (AvgIpc) is 2.92. The van der Waals surface area contributed by atoms with E-state index in [4.69, 9.17) is 0 Å². The van der Waals surface area contributed by atoms with Gasteiger partial charge >= 0.3 is 0 Å². The molecule has 1 aliphatic heterocycles. The zero-order valence-corrected chi connectivity index (χ0v) is 21.3. The van der Waals surface area contributed by atoms with E-state index in [9.17, 15) is 32.6 Å².